The summed E-state index contributed by atoms with van der Waals surface area (Å²) in [6, 6.07) is 8.98. The normalized spacial score (nSPS) is 13.3. The molecule has 0 radical (unpaired) electrons. The van der Waals surface area contributed by atoms with E-state index >= 15 is 0 Å². The summed E-state index contributed by atoms with van der Waals surface area (Å²) in [7, 11) is 0. The monoisotopic (exact) mass is 370 g/mol. The Morgan fingerprint density at radius 2 is 1.77 bits per heavy atom. The van der Waals surface area contributed by atoms with Crippen LogP contribution in [0.15, 0.2) is 30.3 Å². The fraction of sp³-hybridized carbons (Fsp3) is 0.350. The molecule has 0 saturated heterocycles. The summed E-state index contributed by atoms with van der Waals surface area (Å²) in [5.41, 5.74) is 1.91. The molecule has 2 aromatic rings. The van der Waals surface area contributed by atoms with E-state index in [2.05, 4.69) is 10.6 Å². The molecule has 2 amide bonds. The molecule has 1 aromatic carbocycles. The maximum atomic E-state index is 12.2. The number of anilines is 1. The van der Waals surface area contributed by atoms with Gasteiger partial charge >= 0.3 is 0 Å². The molecule has 1 aromatic heterocycles. The van der Waals surface area contributed by atoms with Gasteiger partial charge < -0.3 is 10.6 Å². The minimum Gasteiger partial charge on any atom is -0.349 e. The molecule has 0 spiro atoms. The highest BCUT2D eigenvalue weighted by Gasteiger charge is 2.23. The molecule has 0 atom stereocenters. The van der Waals surface area contributed by atoms with E-state index in [1.54, 1.807) is 35.6 Å². The lowest BCUT2D eigenvalue weighted by Crippen LogP contribution is -2.25. The molecule has 1 fully saturated rings. The molecule has 1 aliphatic rings. The second-order valence-electron chi connectivity index (χ2n) is 6.62. The van der Waals surface area contributed by atoms with Gasteiger partial charge in [-0.2, -0.15) is 0 Å². The Bertz CT molecular complexity index is 835. The zero-order valence-electron chi connectivity index (χ0n) is 14.9. The van der Waals surface area contributed by atoms with E-state index < -0.39 is 0 Å². The predicted octanol–water partition coefficient (Wildman–Crippen LogP) is 3.86. The second kappa shape index (κ2) is 7.83. The van der Waals surface area contributed by atoms with Crippen LogP contribution in [0.1, 0.15) is 56.2 Å². The standard InChI is InChI=1S/C20H22N2O3S/c1-12-11-17(13(2)26-12)18(23)9-10-19(24)21-15-5-3-14(4-6-15)20(25)22-16-7-8-16/h3-6,11,16H,7-10H2,1-2H3,(H,21,24)(H,22,25). The third kappa shape index (κ3) is 4.79. The summed E-state index contributed by atoms with van der Waals surface area (Å²) < 4.78 is 0. The third-order valence-corrected chi connectivity index (χ3v) is 5.23. The van der Waals surface area contributed by atoms with E-state index in [0.717, 1.165) is 22.6 Å². The number of nitrogens with one attached hydrogen (secondary N) is 2. The fourth-order valence-electron chi connectivity index (χ4n) is 2.69. The number of carbonyl (C=O) groups excluding carboxylic acids is 3. The van der Waals surface area contributed by atoms with E-state index in [4.69, 9.17) is 0 Å². The van der Waals surface area contributed by atoms with Gasteiger partial charge in [-0.25, -0.2) is 0 Å². The Morgan fingerprint density at radius 3 is 2.35 bits per heavy atom. The van der Waals surface area contributed by atoms with E-state index in [1.165, 1.54) is 0 Å². The van der Waals surface area contributed by atoms with Crippen LogP contribution in [-0.2, 0) is 4.79 Å². The van der Waals surface area contributed by atoms with Crippen molar-refractivity contribution in [2.24, 2.45) is 0 Å². The highest BCUT2D eigenvalue weighted by molar-refractivity contribution is 7.12. The van der Waals surface area contributed by atoms with E-state index in [1.807, 2.05) is 19.9 Å². The van der Waals surface area contributed by atoms with Crippen molar-refractivity contribution >= 4 is 34.6 Å². The number of benzene rings is 1. The van der Waals surface area contributed by atoms with Crippen LogP contribution in [0.4, 0.5) is 5.69 Å². The first-order chi connectivity index (χ1) is 12.4. The van der Waals surface area contributed by atoms with Gasteiger partial charge in [-0.1, -0.05) is 0 Å². The maximum absolute atomic E-state index is 12.2. The van der Waals surface area contributed by atoms with Gasteiger partial charge in [-0.15, -0.1) is 11.3 Å². The van der Waals surface area contributed by atoms with Crippen molar-refractivity contribution in [2.75, 3.05) is 5.32 Å². The fourth-order valence-corrected chi connectivity index (χ4v) is 3.64. The first-order valence-corrected chi connectivity index (χ1v) is 9.55. The zero-order chi connectivity index (χ0) is 18.7. The van der Waals surface area contributed by atoms with Crippen LogP contribution in [0, 0.1) is 13.8 Å². The molecular formula is C20H22N2O3S. The highest BCUT2D eigenvalue weighted by Crippen LogP contribution is 2.22. The summed E-state index contributed by atoms with van der Waals surface area (Å²) in [6.45, 7) is 3.89. The maximum Gasteiger partial charge on any atom is 0.251 e. The Kier molecular flexibility index (Phi) is 5.52. The number of aryl methyl sites for hydroxylation is 2. The molecule has 136 valence electrons. The minimum absolute atomic E-state index is 0.00547. The first-order valence-electron chi connectivity index (χ1n) is 8.73. The molecule has 1 saturated carbocycles. The van der Waals surface area contributed by atoms with Gasteiger partial charge in [0.05, 0.1) is 0 Å². The quantitative estimate of drug-likeness (QED) is 0.727. The number of hydrogen-bond acceptors (Lipinski definition) is 4. The molecule has 0 aliphatic heterocycles. The van der Waals surface area contributed by atoms with Crippen LogP contribution in [0.3, 0.4) is 0 Å². The van der Waals surface area contributed by atoms with Crippen LogP contribution in [0.5, 0.6) is 0 Å². The van der Waals surface area contributed by atoms with Crippen molar-refractivity contribution in [3.05, 3.63) is 51.2 Å². The summed E-state index contributed by atoms with van der Waals surface area (Å²) in [5.74, 6) is -0.301. The number of carbonyl (C=O) groups is 3. The summed E-state index contributed by atoms with van der Waals surface area (Å²) in [4.78, 5) is 38.3. The number of ketones is 1. The molecule has 5 nitrogen and oxygen atoms in total. The van der Waals surface area contributed by atoms with E-state index in [9.17, 15) is 14.4 Å². The van der Waals surface area contributed by atoms with Crippen molar-refractivity contribution < 1.29 is 14.4 Å². The van der Waals surface area contributed by atoms with Crippen LogP contribution in [0.2, 0.25) is 0 Å². The Morgan fingerprint density at radius 1 is 1.08 bits per heavy atom. The van der Waals surface area contributed by atoms with Crippen LogP contribution in [0.25, 0.3) is 0 Å². The van der Waals surface area contributed by atoms with E-state index in [-0.39, 0.29) is 30.4 Å². The lowest BCUT2D eigenvalue weighted by atomic mass is 10.1. The van der Waals surface area contributed by atoms with E-state index in [0.29, 0.717) is 22.9 Å². The zero-order valence-corrected chi connectivity index (χ0v) is 15.7. The van der Waals surface area contributed by atoms with Crippen molar-refractivity contribution in [2.45, 2.75) is 45.6 Å². The van der Waals surface area contributed by atoms with Crippen molar-refractivity contribution in [1.82, 2.24) is 5.32 Å². The molecule has 0 bridgehead atoms. The topological polar surface area (TPSA) is 75.3 Å². The molecule has 1 aliphatic carbocycles. The molecule has 2 N–H and O–H groups in total. The Labute approximate surface area is 156 Å². The van der Waals surface area contributed by atoms with Crippen molar-refractivity contribution in [3.63, 3.8) is 0 Å². The lowest BCUT2D eigenvalue weighted by Gasteiger charge is -2.07. The van der Waals surface area contributed by atoms with Gasteiger partial charge in [0, 0.05) is 45.5 Å². The first kappa shape index (κ1) is 18.3. The number of rotatable bonds is 7. The average molecular weight is 370 g/mol. The molecule has 3 rings (SSSR count). The van der Waals surface area contributed by atoms with Gasteiger partial charge in [-0.05, 0) is 57.0 Å². The smallest absolute Gasteiger partial charge is 0.251 e. The summed E-state index contributed by atoms with van der Waals surface area (Å²) in [5, 5.41) is 5.69. The third-order valence-electron chi connectivity index (χ3n) is 4.26. The number of Topliss-reactive ketones (excluding diaryl/α,β-unsaturated/α-hetero) is 1. The Balaban J connectivity index is 1.49. The largest absolute Gasteiger partial charge is 0.349 e. The minimum atomic E-state index is -0.210. The molecule has 26 heavy (non-hydrogen) atoms. The van der Waals surface area contributed by atoms with Gasteiger partial charge in [0.1, 0.15) is 0 Å². The van der Waals surface area contributed by atoms with Crippen LogP contribution < -0.4 is 10.6 Å². The van der Waals surface area contributed by atoms with Gasteiger partial charge in [0.25, 0.3) is 5.91 Å². The average Bonchev–Trinajstić information content (AvgIpc) is 3.35. The van der Waals surface area contributed by atoms with Gasteiger partial charge in [0.15, 0.2) is 5.78 Å². The summed E-state index contributed by atoms with van der Waals surface area (Å²) in [6.07, 6.45) is 2.41. The number of thiophene rings is 1. The molecular weight excluding hydrogens is 348 g/mol. The molecule has 0 unspecified atom stereocenters. The van der Waals surface area contributed by atoms with Gasteiger partial charge in [0.2, 0.25) is 5.91 Å². The van der Waals surface area contributed by atoms with Crippen LogP contribution in [-0.4, -0.2) is 23.6 Å². The molecule has 1 heterocycles. The van der Waals surface area contributed by atoms with Crippen LogP contribution >= 0.6 is 11.3 Å². The second-order valence-corrected chi connectivity index (χ2v) is 8.08. The lowest BCUT2D eigenvalue weighted by molar-refractivity contribution is -0.116. The SMILES string of the molecule is Cc1cc(C(=O)CCC(=O)Nc2ccc(C(=O)NC3CC3)cc2)c(C)s1. The predicted molar refractivity (Wildman–Crippen MR) is 103 cm³/mol. The summed E-state index contributed by atoms with van der Waals surface area (Å²) >= 11 is 1.59. The van der Waals surface area contributed by atoms with Gasteiger partial charge in [-0.3, -0.25) is 14.4 Å². The molecule has 6 heteroatoms. The number of amides is 2. The Hall–Kier alpha value is -2.47. The van der Waals surface area contributed by atoms with Crippen molar-refractivity contribution in [1.29, 1.82) is 0 Å². The van der Waals surface area contributed by atoms with Crippen molar-refractivity contribution in [3.8, 4) is 0 Å². The number of hydrogen-bond donors (Lipinski definition) is 2. The highest BCUT2D eigenvalue weighted by atomic mass is 32.1.